The van der Waals surface area contributed by atoms with E-state index in [1.165, 1.54) is 0 Å². The van der Waals surface area contributed by atoms with Crippen LogP contribution in [0.4, 0.5) is 5.82 Å². The third-order valence-corrected chi connectivity index (χ3v) is 3.13. The highest BCUT2D eigenvalue weighted by atomic mass is 15.3. The predicted octanol–water partition coefficient (Wildman–Crippen LogP) is 0.910. The monoisotopic (exact) mass is 229 g/mol. The van der Waals surface area contributed by atoms with Gasteiger partial charge in [-0.05, 0) is 24.6 Å². The first kappa shape index (κ1) is 10.3. The largest absolute Gasteiger partial charge is 0.354 e. The van der Waals surface area contributed by atoms with Crippen LogP contribution in [0.3, 0.4) is 0 Å². The van der Waals surface area contributed by atoms with Crippen LogP contribution in [0.2, 0.25) is 0 Å². The Hall–Kier alpha value is -1.88. The fraction of sp³-hybridized carbons (Fsp3) is 0.333. The summed E-state index contributed by atoms with van der Waals surface area (Å²) in [5.74, 6) is 0.951. The molecule has 0 spiro atoms. The number of imidazole rings is 1. The van der Waals surface area contributed by atoms with Crippen molar-refractivity contribution in [1.82, 2.24) is 14.6 Å². The first-order valence-electron chi connectivity index (χ1n) is 5.75. The molecule has 2 N–H and O–H groups in total. The van der Waals surface area contributed by atoms with Crippen molar-refractivity contribution in [3.8, 4) is 0 Å². The van der Waals surface area contributed by atoms with Crippen molar-refractivity contribution in [3.63, 3.8) is 0 Å². The maximum atomic E-state index is 5.91. The molecule has 0 unspecified atom stereocenters. The molecular weight excluding hydrogens is 214 g/mol. The minimum Gasteiger partial charge on any atom is -0.354 e. The number of nitrogens with zero attached hydrogens (tertiary/aromatic N) is 4. The van der Waals surface area contributed by atoms with Gasteiger partial charge in [-0.15, -0.1) is 5.10 Å². The van der Waals surface area contributed by atoms with Crippen LogP contribution in [0, 0.1) is 0 Å². The topological polar surface area (TPSA) is 59.5 Å². The average molecular weight is 229 g/mol. The van der Waals surface area contributed by atoms with Crippen LogP contribution >= 0.6 is 0 Å². The molecule has 3 rings (SSSR count). The van der Waals surface area contributed by atoms with Crippen LogP contribution in [0.5, 0.6) is 0 Å². The summed E-state index contributed by atoms with van der Waals surface area (Å²) in [7, 11) is 0. The second-order valence-electron chi connectivity index (χ2n) is 4.34. The summed E-state index contributed by atoms with van der Waals surface area (Å²) < 4.78 is 1.81. The van der Waals surface area contributed by atoms with Crippen LogP contribution in [0.15, 0.2) is 24.9 Å². The van der Waals surface area contributed by atoms with Crippen LogP contribution in [0.1, 0.15) is 12.1 Å². The summed E-state index contributed by atoms with van der Waals surface area (Å²) in [5, 5.41) is 4.58. The van der Waals surface area contributed by atoms with Gasteiger partial charge in [-0.1, -0.05) is 6.58 Å². The number of fused-ring (bicyclic) bond motifs is 1. The maximum absolute atomic E-state index is 5.91. The van der Waals surface area contributed by atoms with Gasteiger partial charge in [-0.2, -0.15) is 0 Å². The minimum atomic E-state index is 0.258. The molecule has 3 heterocycles. The normalized spacial score (nSPS) is 20.1. The third-order valence-electron chi connectivity index (χ3n) is 3.13. The first-order valence-corrected chi connectivity index (χ1v) is 5.75. The smallest absolute Gasteiger partial charge is 0.154 e. The van der Waals surface area contributed by atoms with Gasteiger partial charge in [0, 0.05) is 19.1 Å². The van der Waals surface area contributed by atoms with Crippen molar-refractivity contribution in [2.24, 2.45) is 5.73 Å². The lowest BCUT2D eigenvalue weighted by molar-refractivity contribution is 0.750. The van der Waals surface area contributed by atoms with Gasteiger partial charge in [0.05, 0.1) is 11.9 Å². The van der Waals surface area contributed by atoms with Crippen molar-refractivity contribution >= 4 is 17.5 Å². The molecule has 1 aliphatic rings. The zero-order chi connectivity index (χ0) is 11.8. The molecule has 5 nitrogen and oxygen atoms in total. The molecule has 0 aromatic carbocycles. The Balaban J connectivity index is 2.03. The highest BCUT2D eigenvalue weighted by Gasteiger charge is 2.20. The van der Waals surface area contributed by atoms with E-state index >= 15 is 0 Å². The fourth-order valence-corrected chi connectivity index (χ4v) is 2.18. The van der Waals surface area contributed by atoms with Crippen LogP contribution < -0.4 is 10.6 Å². The molecule has 0 amide bonds. The Morgan fingerprint density at radius 2 is 2.35 bits per heavy atom. The lowest BCUT2D eigenvalue weighted by Crippen LogP contribution is -2.27. The van der Waals surface area contributed by atoms with Crippen molar-refractivity contribution < 1.29 is 0 Å². The number of anilines is 1. The van der Waals surface area contributed by atoms with Crippen molar-refractivity contribution in [1.29, 1.82) is 0 Å². The third kappa shape index (κ3) is 1.68. The molecule has 2 aromatic heterocycles. The Labute approximate surface area is 99.6 Å². The van der Waals surface area contributed by atoms with Gasteiger partial charge in [-0.25, -0.2) is 9.50 Å². The van der Waals surface area contributed by atoms with Gasteiger partial charge >= 0.3 is 0 Å². The molecule has 5 heteroatoms. The van der Waals surface area contributed by atoms with E-state index in [0.717, 1.165) is 36.7 Å². The number of hydrogen-bond donors (Lipinski definition) is 1. The maximum Gasteiger partial charge on any atom is 0.154 e. The molecule has 0 aliphatic carbocycles. The summed E-state index contributed by atoms with van der Waals surface area (Å²) >= 11 is 0. The van der Waals surface area contributed by atoms with E-state index in [1.807, 2.05) is 16.6 Å². The number of aromatic nitrogens is 3. The fourth-order valence-electron chi connectivity index (χ4n) is 2.18. The molecule has 2 aromatic rings. The Morgan fingerprint density at radius 1 is 1.47 bits per heavy atom. The summed E-state index contributed by atoms with van der Waals surface area (Å²) in [6.45, 7) is 5.60. The van der Waals surface area contributed by atoms with E-state index in [0.29, 0.717) is 0 Å². The summed E-state index contributed by atoms with van der Waals surface area (Å²) in [5.41, 5.74) is 7.65. The van der Waals surface area contributed by atoms with E-state index in [1.54, 1.807) is 12.3 Å². The average Bonchev–Trinajstić information content (AvgIpc) is 2.94. The Morgan fingerprint density at radius 3 is 3.06 bits per heavy atom. The highest BCUT2D eigenvalue weighted by molar-refractivity contribution is 5.53. The van der Waals surface area contributed by atoms with Gasteiger partial charge in [-0.3, -0.25) is 0 Å². The summed E-state index contributed by atoms with van der Waals surface area (Å²) in [6, 6.07) is 4.22. The number of hydrogen-bond acceptors (Lipinski definition) is 4. The molecule has 1 fully saturated rings. The standard InChI is InChI=1S/C12H15N5/c1-2-10-7-14-11-3-4-12(15-17(10)11)16-6-5-9(13)8-16/h2-4,7,9H,1,5-6,8,13H2/t9-/m0/s1. The van der Waals surface area contributed by atoms with E-state index in [-0.39, 0.29) is 6.04 Å². The van der Waals surface area contributed by atoms with Gasteiger partial charge in [0.25, 0.3) is 0 Å². The van der Waals surface area contributed by atoms with Gasteiger partial charge in [0.2, 0.25) is 0 Å². The zero-order valence-corrected chi connectivity index (χ0v) is 9.58. The molecule has 1 atom stereocenters. The van der Waals surface area contributed by atoms with E-state index in [2.05, 4.69) is 21.6 Å². The predicted molar refractivity (Wildman–Crippen MR) is 67.9 cm³/mol. The molecule has 0 radical (unpaired) electrons. The lowest BCUT2D eigenvalue weighted by atomic mass is 10.3. The number of nitrogens with two attached hydrogens (primary N) is 1. The van der Waals surface area contributed by atoms with Crippen LogP contribution in [-0.2, 0) is 0 Å². The van der Waals surface area contributed by atoms with Gasteiger partial charge in [0.1, 0.15) is 5.82 Å². The molecular formula is C12H15N5. The van der Waals surface area contributed by atoms with Crippen molar-refractivity contribution in [2.45, 2.75) is 12.5 Å². The Bertz CT molecular complexity index is 559. The van der Waals surface area contributed by atoms with Crippen LogP contribution in [0.25, 0.3) is 11.7 Å². The molecule has 1 saturated heterocycles. The number of rotatable bonds is 2. The SMILES string of the molecule is C=Cc1cnc2ccc(N3CC[C@H](N)C3)nn12. The first-order chi connectivity index (χ1) is 8.28. The van der Waals surface area contributed by atoms with E-state index < -0.39 is 0 Å². The van der Waals surface area contributed by atoms with Crippen molar-refractivity contribution in [3.05, 3.63) is 30.6 Å². The Kier molecular flexibility index (Phi) is 2.33. The van der Waals surface area contributed by atoms with Gasteiger partial charge < -0.3 is 10.6 Å². The lowest BCUT2D eigenvalue weighted by Gasteiger charge is -2.16. The molecule has 0 bridgehead atoms. The highest BCUT2D eigenvalue weighted by Crippen LogP contribution is 2.18. The zero-order valence-electron chi connectivity index (χ0n) is 9.58. The van der Waals surface area contributed by atoms with Gasteiger partial charge in [0.15, 0.2) is 5.65 Å². The van der Waals surface area contributed by atoms with Crippen molar-refractivity contribution in [2.75, 3.05) is 18.0 Å². The summed E-state index contributed by atoms with van der Waals surface area (Å²) in [6.07, 6.45) is 4.55. The minimum absolute atomic E-state index is 0.258. The molecule has 1 aliphatic heterocycles. The second-order valence-corrected chi connectivity index (χ2v) is 4.34. The van der Waals surface area contributed by atoms with E-state index in [4.69, 9.17) is 5.73 Å². The van der Waals surface area contributed by atoms with Crippen LogP contribution in [-0.4, -0.2) is 33.7 Å². The molecule has 0 saturated carbocycles. The molecule has 88 valence electrons. The molecule has 17 heavy (non-hydrogen) atoms. The quantitative estimate of drug-likeness (QED) is 0.831. The summed E-state index contributed by atoms with van der Waals surface area (Å²) in [4.78, 5) is 6.46. The second kappa shape index (κ2) is 3.85. The van der Waals surface area contributed by atoms with E-state index in [9.17, 15) is 0 Å².